The Morgan fingerprint density at radius 2 is 1.92 bits per heavy atom. The van der Waals surface area contributed by atoms with Crippen LogP contribution in [-0.2, 0) is 0 Å². The van der Waals surface area contributed by atoms with Crippen molar-refractivity contribution < 1.29 is 13.6 Å². The third kappa shape index (κ3) is 2.90. The largest absolute Gasteiger partial charge is 0.334 e. The Morgan fingerprint density at radius 1 is 1.23 bits per heavy atom. The molecule has 2 aliphatic heterocycles. The van der Waals surface area contributed by atoms with E-state index in [-0.39, 0.29) is 28.8 Å². The van der Waals surface area contributed by atoms with Gasteiger partial charge in [-0.05, 0) is 51.4 Å². The molecule has 2 fully saturated rings. The number of hydrogen-bond acceptors (Lipinski definition) is 3. The highest BCUT2D eigenvalue weighted by Gasteiger charge is 2.37. The minimum absolute atomic E-state index is 0.0846. The summed E-state index contributed by atoms with van der Waals surface area (Å²) in [6, 6.07) is 4.10. The average Bonchev–Trinajstić information content (AvgIpc) is 3.34. The lowest BCUT2D eigenvalue weighted by Crippen LogP contribution is -2.38. The van der Waals surface area contributed by atoms with Gasteiger partial charge in [0.1, 0.15) is 11.6 Å². The van der Waals surface area contributed by atoms with Gasteiger partial charge in [0.25, 0.3) is 5.91 Å². The predicted octanol–water partition coefficient (Wildman–Crippen LogP) is 3.05. The zero-order valence-corrected chi connectivity index (χ0v) is 14.7. The fourth-order valence-electron chi connectivity index (χ4n) is 4.19. The molecule has 2 aromatic rings. The predicted molar refractivity (Wildman–Crippen MR) is 93.7 cm³/mol. The number of nitrogens with one attached hydrogen (secondary N) is 1. The molecule has 0 radical (unpaired) electrons. The van der Waals surface area contributed by atoms with E-state index in [2.05, 4.69) is 15.1 Å². The SMILES string of the molecule is CC1CC(N2CCCC2)CN1C(=O)c1cn[nH]c1-c1c(F)cccc1F. The van der Waals surface area contributed by atoms with Gasteiger partial charge in [0.05, 0.1) is 23.0 Å². The Labute approximate surface area is 151 Å². The Morgan fingerprint density at radius 3 is 2.62 bits per heavy atom. The van der Waals surface area contributed by atoms with Crippen molar-refractivity contribution in [3.8, 4) is 11.3 Å². The maximum atomic E-state index is 14.2. The van der Waals surface area contributed by atoms with Gasteiger partial charge in [-0.1, -0.05) is 6.07 Å². The molecule has 1 amide bonds. The van der Waals surface area contributed by atoms with Gasteiger partial charge < -0.3 is 4.90 Å². The van der Waals surface area contributed by atoms with E-state index in [1.807, 2.05) is 6.92 Å². The fourth-order valence-corrected chi connectivity index (χ4v) is 4.19. The number of halogens is 2. The number of rotatable bonds is 3. The quantitative estimate of drug-likeness (QED) is 0.915. The van der Waals surface area contributed by atoms with Crippen molar-refractivity contribution in [3.05, 3.63) is 41.6 Å². The van der Waals surface area contributed by atoms with E-state index in [1.165, 1.54) is 37.2 Å². The monoisotopic (exact) mass is 360 g/mol. The Bertz CT molecular complexity index is 795. The lowest BCUT2D eigenvalue weighted by molar-refractivity contribution is 0.0738. The van der Waals surface area contributed by atoms with Gasteiger partial charge in [0.15, 0.2) is 0 Å². The van der Waals surface area contributed by atoms with Gasteiger partial charge in [-0.25, -0.2) is 8.78 Å². The van der Waals surface area contributed by atoms with E-state index in [1.54, 1.807) is 4.90 Å². The standard InChI is InChI=1S/C19H22F2N4O/c1-12-9-13(24-7-2-3-8-24)11-25(12)19(26)14-10-22-23-18(14)17-15(20)5-4-6-16(17)21/h4-6,10,12-13H,2-3,7-9,11H2,1H3,(H,22,23). The Hall–Kier alpha value is -2.28. The summed E-state index contributed by atoms with van der Waals surface area (Å²) < 4.78 is 28.3. The number of carbonyl (C=O) groups excluding carboxylic acids is 1. The van der Waals surface area contributed by atoms with Crippen LogP contribution in [0.3, 0.4) is 0 Å². The first-order valence-electron chi connectivity index (χ1n) is 9.09. The van der Waals surface area contributed by atoms with Gasteiger partial charge in [0, 0.05) is 18.6 Å². The summed E-state index contributed by atoms with van der Waals surface area (Å²) in [6.07, 6.45) is 4.70. The summed E-state index contributed by atoms with van der Waals surface area (Å²) in [5, 5.41) is 6.48. The lowest BCUT2D eigenvalue weighted by Gasteiger charge is -2.24. The van der Waals surface area contributed by atoms with Gasteiger partial charge in [-0.3, -0.25) is 14.8 Å². The third-order valence-electron chi connectivity index (χ3n) is 5.55. The summed E-state index contributed by atoms with van der Waals surface area (Å²) in [4.78, 5) is 17.3. The normalized spacial score (nSPS) is 23.7. The minimum atomic E-state index is -0.715. The van der Waals surface area contributed by atoms with Crippen LogP contribution in [0.15, 0.2) is 24.4 Å². The molecule has 2 saturated heterocycles. The van der Waals surface area contributed by atoms with Crippen molar-refractivity contribution in [3.63, 3.8) is 0 Å². The van der Waals surface area contributed by atoms with Crippen LogP contribution in [0, 0.1) is 11.6 Å². The molecule has 4 rings (SSSR count). The molecule has 1 aromatic heterocycles. The molecule has 0 spiro atoms. The number of benzene rings is 1. The zero-order valence-electron chi connectivity index (χ0n) is 14.7. The van der Waals surface area contributed by atoms with Crippen molar-refractivity contribution in [1.29, 1.82) is 0 Å². The van der Waals surface area contributed by atoms with Gasteiger partial charge >= 0.3 is 0 Å². The molecule has 7 heteroatoms. The summed E-state index contributed by atoms with van der Waals surface area (Å²) in [5.41, 5.74) is 0.0710. The van der Waals surface area contributed by atoms with Crippen LogP contribution in [0.4, 0.5) is 8.78 Å². The average molecular weight is 360 g/mol. The molecular formula is C19H22F2N4O. The minimum Gasteiger partial charge on any atom is -0.334 e. The molecule has 1 aromatic carbocycles. The number of aromatic nitrogens is 2. The topological polar surface area (TPSA) is 52.2 Å². The van der Waals surface area contributed by atoms with Crippen LogP contribution >= 0.6 is 0 Å². The van der Waals surface area contributed by atoms with E-state index in [0.717, 1.165) is 19.5 Å². The Balaban J connectivity index is 1.61. The third-order valence-corrected chi connectivity index (χ3v) is 5.55. The molecule has 0 bridgehead atoms. The van der Waals surface area contributed by atoms with Crippen LogP contribution in [0.25, 0.3) is 11.3 Å². The second kappa shape index (κ2) is 6.79. The number of carbonyl (C=O) groups is 1. The second-order valence-corrected chi connectivity index (χ2v) is 7.19. The number of hydrogen-bond donors (Lipinski definition) is 1. The molecule has 138 valence electrons. The second-order valence-electron chi connectivity index (χ2n) is 7.19. The fraction of sp³-hybridized carbons (Fsp3) is 0.474. The molecule has 0 aliphatic carbocycles. The van der Waals surface area contributed by atoms with Crippen molar-refractivity contribution in [2.45, 2.75) is 38.3 Å². The molecule has 5 nitrogen and oxygen atoms in total. The molecule has 2 aliphatic rings. The zero-order chi connectivity index (χ0) is 18.3. The van der Waals surface area contributed by atoms with Gasteiger partial charge in [0.2, 0.25) is 0 Å². The Kier molecular flexibility index (Phi) is 4.48. The maximum Gasteiger partial charge on any atom is 0.257 e. The summed E-state index contributed by atoms with van der Waals surface area (Å²) in [7, 11) is 0. The number of likely N-dealkylation sites (tertiary alicyclic amines) is 2. The first-order valence-corrected chi connectivity index (χ1v) is 9.09. The van der Waals surface area contributed by atoms with Crippen molar-refractivity contribution in [2.24, 2.45) is 0 Å². The van der Waals surface area contributed by atoms with Crippen molar-refractivity contribution in [1.82, 2.24) is 20.0 Å². The van der Waals surface area contributed by atoms with E-state index in [4.69, 9.17) is 0 Å². The molecule has 2 unspecified atom stereocenters. The highest BCUT2D eigenvalue weighted by Crippen LogP contribution is 2.31. The van der Waals surface area contributed by atoms with Crippen LogP contribution in [0.1, 0.15) is 36.5 Å². The molecule has 3 heterocycles. The smallest absolute Gasteiger partial charge is 0.257 e. The van der Waals surface area contributed by atoms with E-state index < -0.39 is 11.6 Å². The molecular weight excluding hydrogens is 338 g/mol. The van der Waals surface area contributed by atoms with E-state index in [0.29, 0.717) is 12.6 Å². The lowest BCUT2D eigenvalue weighted by atomic mass is 10.1. The van der Waals surface area contributed by atoms with Gasteiger partial charge in [-0.15, -0.1) is 0 Å². The van der Waals surface area contributed by atoms with E-state index in [9.17, 15) is 13.6 Å². The van der Waals surface area contributed by atoms with Crippen LogP contribution in [-0.4, -0.2) is 57.6 Å². The van der Waals surface area contributed by atoms with Crippen LogP contribution < -0.4 is 0 Å². The molecule has 1 N–H and O–H groups in total. The highest BCUT2D eigenvalue weighted by atomic mass is 19.1. The van der Waals surface area contributed by atoms with Crippen molar-refractivity contribution in [2.75, 3.05) is 19.6 Å². The summed E-state index contributed by atoms with van der Waals surface area (Å²) in [5.74, 6) is -1.66. The van der Waals surface area contributed by atoms with Crippen molar-refractivity contribution >= 4 is 5.91 Å². The number of aromatic amines is 1. The highest BCUT2D eigenvalue weighted by molar-refractivity contribution is 6.00. The first kappa shape index (κ1) is 17.1. The molecule has 2 atom stereocenters. The van der Waals surface area contributed by atoms with Gasteiger partial charge in [-0.2, -0.15) is 5.10 Å². The number of nitrogens with zero attached hydrogens (tertiary/aromatic N) is 3. The molecule has 0 saturated carbocycles. The first-order chi connectivity index (χ1) is 12.6. The van der Waals surface area contributed by atoms with Crippen LogP contribution in [0.2, 0.25) is 0 Å². The summed E-state index contributed by atoms with van der Waals surface area (Å²) >= 11 is 0. The number of H-pyrrole nitrogens is 1. The van der Waals surface area contributed by atoms with E-state index >= 15 is 0 Å². The number of amides is 1. The van der Waals surface area contributed by atoms with Crippen LogP contribution in [0.5, 0.6) is 0 Å². The summed E-state index contributed by atoms with van der Waals surface area (Å²) in [6.45, 7) is 4.83. The molecule has 26 heavy (non-hydrogen) atoms. The maximum absolute atomic E-state index is 14.2.